The molecule has 0 fully saturated rings. The molecule has 0 aliphatic carbocycles. The number of aromatic nitrogens is 2. The fourth-order valence-corrected chi connectivity index (χ4v) is 0.789. The van der Waals surface area contributed by atoms with Crippen LogP contribution in [0, 0.1) is 6.92 Å². The highest BCUT2D eigenvalue weighted by Crippen LogP contribution is 2.07. The van der Waals surface area contributed by atoms with Gasteiger partial charge in [-0.1, -0.05) is 6.08 Å². The SMILES string of the molecule is C/C=C/C(=O)Nc1[nH]ncc1C. The van der Waals surface area contributed by atoms with E-state index in [-0.39, 0.29) is 5.91 Å². The van der Waals surface area contributed by atoms with Gasteiger partial charge in [0, 0.05) is 5.56 Å². The number of carbonyl (C=O) groups excluding carboxylic acids is 1. The fraction of sp³-hybridized carbons (Fsp3) is 0.250. The number of aryl methyl sites for hydroxylation is 1. The van der Waals surface area contributed by atoms with Gasteiger partial charge in [0.15, 0.2) is 0 Å². The Bertz CT molecular complexity index is 301. The molecule has 4 nitrogen and oxygen atoms in total. The molecule has 1 aromatic heterocycles. The highest BCUT2D eigenvalue weighted by Gasteiger charge is 2.01. The minimum atomic E-state index is -0.148. The van der Waals surface area contributed by atoms with Crippen molar-refractivity contribution >= 4 is 11.7 Å². The number of nitrogens with one attached hydrogen (secondary N) is 2. The molecule has 0 aliphatic rings. The van der Waals surface area contributed by atoms with Crippen LogP contribution in [0.5, 0.6) is 0 Å². The van der Waals surface area contributed by atoms with E-state index in [0.717, 1.165) is 5.56 Å². The second-order valence-electron chi connectivity index (χ2n) is 2.42. The van der Waals surface area contributed by atoms with E-state index in [9.17, 15) is 4.79 Å². The molecule has 0 bridgehead atoms. The Morgan fingerprint density at radius 1 is 1.75 bits per heavy atom. The first kappa shape index (κ1) is 8.52. The number of hydrogen-bond acceptors (Lipinski definition) is 2. The molecule has 64 valence electrons. The van der Waals surface area contributed by atoms with Gasteiger partial charge < -0.3 is 5.32 Å². The summed E-state index contributed by atoms with van der Waals surface area (Å²) in [5, 5.41) is 9.10. The molecule has 0 aliphatic heterocycles. The average molecular weight is 165 g/mol. The summed E-state index contributed by atoms with van der Waals surface area (Å²) in [6, 6.07) is 0. The third-order valence-electron chi connectivity index (χ3n) is 1.40. The lowest BCUT2D eigenvalue weighted by molar-refractivity contribution is -0.111. The number of aromatic amines is 1. The summed E-state index contributed by atoms with van der Waals surface area (Å²) in [6.45, 7) is 3.66. The van der Waals surface area contributed by atoms with Crippen molar-refractivity contribution in [2.24, 2.45) is 0 Å². The number of anilines is 1. The van der Waals surface area contributed by atoms with Crippen LogP contribution in [-0.2, 0) is 4.79 Å². The van der Waals surface area contributed by atoms with Gasteiger partial charge in [0.05, 0.1) is 6.20 Å². The number of nitrogens with zero attached hydrogens (tertiary/aromatic N) is 1. The Hall–Kier alpha value is -1.58. The first-order chi connectivity index (χ1) is 5.74. The molecule has 1 amide bonds. The van der Waals surface area contributed by atoms with Crippen LogP contribution in [0.25, 0.3) is 0 Å². The number of amides is 1. The maximum atomic E-state index is 11.0. The van der Waals surface area contributed by atoms with Crippen LogP contribution in [0.15, 0.2) is 18.3 Å². The van der Waals surface area contributed by atoms with Crippen LogP contribution in [0.3, 0.4) is 0 Å². The molecule has 0 aromatic carbocycles. The van der Waals surface area contributed by atoms with Gasteiger partial charge in [-0.2, -0.15) is 5.10 Å². The largest absolute Gasteiger partial charge is 0.307 e. The van der Waals surface area contributed by atoms with Gasteiger partial charge in [-0.25, -0.2) is 0 Å². The molecule has 0 saturated heterocycles. The predicted molar refractivity (Wildman–Crippen MR) is 46.8 cm³/mol. The van der Waals surface area contributed by atoms with Crippen LogP contribution in [0.4, 0.5) is 5.82 Å². The summed E-state index contributed by atoms with van der Waals surface area (Å²) in [5.41, 5.74) is 0.924. The van der Waals surface area contributed by atoms with E-state index in [2.05, 4.69) is 15.5 Å². The molecular weight excluding hydrogens is 154 g/mol. The van der Waals surface area contributed by atoms with Gasteiger partial charge in [0.2, 0.25) is 5.91 Å². The van der Waals surface area contributed by atoms with Crippen molar-refractivity contribution in [1.82, 2.24) is 10.2 Å². The van der Waals surface area contributed by atoms with E-state index in [1.807, 2.05) is 6.92 Å². The second-order valence-corrected chi connectivity index (χ2v) is 2.42. The molecule has 0 saturated carbocycles. The first-order valence-corrected chi connectivity index (χ1v) is 3.67. The van der Waals surface area contributed by atoms with Crippen molar-refractivity contribution < 1.29 is 4.79 Å². The molecule has 12 heavy (non-hydrogen) atoms. The lowest BCUT2D eigenvalue weighted by Gasteiger charge is -1.97. The number of allylic oxidation sites excluding steroid dienone is 1. The Balaban J connectivity index is 2.64. The standard InChI is InChI=1S/C8H11N3O/c1-3-4-7(12)10-8-6(2)5-9-11-8/h3-5H,1-2H3,(H2,9,10,11,12)/b4-3+. The molecule has 1 heterocycles. The van der Waals surface area contributed by atoms with Gasteiger partial charge in [-0.3, -0.25) is 9.89 Å². The van der Waals surface area contributed by atoms with E-state index in [1.165, 1.54) is 6.08 Å². The van der Waals surface area contributed by atoms with Gasteiger partial charge in [0.1, 0.15) is 5.82 Å². The average Bonchev–Trinajstić information content (AvgIpc) is 2.37. The molecule has 0 unspecified atom stereocenters. The molecule has 0 radical (unpaired) electrons. The van der Waals surface area contributed by atoms with Crippen molar-refractivity contribution in [3.63, 3.8) is 0 Å². The minimum Gasteiger partial charge on any atom is -0.307 e. The number of H-pyrrole nitrogens is 1. The van der Waals surface area contributed by atoms with Crippen molar-refractivity contribution in [1.29, 1.82) is 0 Å². The van der Waals surface area contributed by atoms with Crippen molar-refractivity contribution in [3.8, 4) is 0 Å². The monoisotopic (exact) mass is 165 g/mol. The second kappa shape index (κ2) is 3.71. The van der Waals surface area contributed by atoms with E-state index >= 15 is 0 Å². The van der Waals surface area contributed by atoms with Crippen LogP contribution in [0.1, 0.15) is 12.5 Å². The zero-order valence-corrected chi connectivity index (χ0v) is 7.09. The van der Waals surface area contributed by atoms with Gasteiger partial charge >= 0.3 is 0 Å². The summed E-state index contributed by atoms with van der Waals surface area (Å²) < 4.78 is 0. The van der Waals surface area contributed by atoms with E-state index < -0.39 is 0 Å². The van der Waals surface area contributed by atoms with Gasteiger partial charge in [-0.05, 0) is 19.9 Å². The van der Waals surface area contributed by atoms with Crippen molar-refractivity contribution in [2.45, 2.75) is 13.8 Å². The van der Waals surface area contributed by atoms with Crippen LogP contribution >= 0.6 is 0 Å². The Labute approximate surface area is 70.7 Å². The quantitative estimate of drug-likeness (QED) is 0.647. The van der Waals surface area contributed by atoms with Crippen LogP contribution in [0.2, 0.25) is 0 Å². The Morgan fingerprint density at radius 2 is 2.50 bits per heavy atom. The zero-order valence-electron chi connectivity index (χ0n) is 7.09. The molecular formula is C8H11N3O. The molecule has 4 heteroatoms. The Morgan fingerprint density at radius 3 is 3.00 bits per heavy atom. The first-order valence-electron chi connectivity index (χ1n) is 3.67. The minimum absolute atomic E-state index is 0.148. The summed E-state index contributed by atoms with van der Waals surface area (Å²) in [6.07, 6.45) is 4.80. The van der Waals surface area contributed by atoms with Crippen LogP contribution in [-0.4, -0.2) is 16.1 Å². The highest BCUT2D eigenvalue weighted by molar-refractivity contribution is 5.98. The topological polar surface area (TPSA) is 57.8 Å². The number of hydrogen-bond donors (Lipinski definition) is 2. The van der Waals surface area contributed by atoms with Crippen molar-refractivity contribution in [3.05, 3.63) is 23.9 Å². The van der Waals surface area contributed by atoms with Gasteiger partial charge in [0.25, 0.3) is 0 Å². The maximum absolute atomic E-state index is 11.0. The van der Waals surface area contributed by atoms with Crippen molar-refractivity contribution in [2.75, 3.05) is 5.32 Å². The van der Waals surface area contributed by atoms with E-state index in [4.69, 9.17) is 0 Å². The molecule has 2 N–H and O–H groups in total. The molecule has 1 aromatic rings. The number of rotatable bonds is 2. The lowest BCUT2D eigenvalue weighted by Crippen LogP contribution is -2.08. The summed E-state index contributed by atoms with van der Waals surface area (Å²) in [5.74, 6) is 0.503. The van der Waals surface area contributed by atoms with E-state index in [1.54, 1.807) is 19.2 Å². The third kappa shape index (κ3) is 1.95. The Kier molecular flexibility index (Phi) is 2.63. The highest BCUT2D eigenvalue weighted by atomic mass is 16.1. The van der Waals surface area contributed by atoms with Gasteiger partial charge in [-0.15, -0.1) is 0 Å². The summed E-state index contributed by atoms with van der Waals surface area (Å²) >= 11 is 0. The zero-order chi connectivity index (χ0) is 8.97. The lowest BCUT2D eigenvalue weighted by atomic mass is 10.3. The molecule has 1 rings (SSSR count). The predicted octanol–water partition coefficient (Wildman–Crippen LogP) is 1.23. The van der Waals surface area contributed by atoms with E-state index in [0.29, 0.717) is 5.82 Å². The maximum Gasteiger partial charge on any atom is 0.249 e. The smallest absolute Gasteiger partial charge is 0.249 e. The van der Waals surface area contributed by atoms with Crippen LogP contribution < -0.4 is 5.32 Å². The molecule has 0 spiro atoms. The third-order valence-corrected chi connectivity index (χ3v) is 1.40. The fourth-order valence-electron chi connectivity index (χ4n) is 0.789. The summed E-state index contributed by atoms with van der Waals surface area (Å²) in [7, 11) is 0. The molecule has 0 atom stereocenters. The number of carbonyl (C=O) groups is 1. The normalized spacial score (nSPS) is 10.5. The summed E-state index contributed by atoms with van der Waals surface area (Å²) in [4.78, 5) is 11.0.